The molecule has 0 heterocycles. The van der Waals surface area contributed by atoms with Crippen molar-refractivity contribution in [3.8, 4) is 11.5 Å². The normalized spacial score (nSPS) is 10.4. The lowest BCUT2D eigenvalue weighted by molar-refractivity contribution is 0.475. The number of alkyl halides is 1. The fourth-order valence-electron chi connectivity index (χ4n) is 1.75. The molecule has 0 fully saturated rings. The van der Waals surface area contributed by atoms with Crippen molar-refractivity contribution in [2.45, 2.75) is 19.2 Å². The van der Waals surface area contributed by atoms with Crippen molar-refractivity contribution >= 4 is 27.5 Å². The molecule has 2 aromatic carbocycles. The third kappa shape index (κ3) is 3.06. The standard InChI is InChI=1S/C15H14BrClO/c1-10-7-12(9-16)3-5-14(10)18-15-6-4-13(17)8-11(15)2/h3-8H,9H2,1-2H3. The summed E-state index contributed by atoms with van der Waals surface area (Å²) in [5, 5.41) is 1.58. The molecule has 0 aliphatic heterocycles. The van der Waals surface area contributed by atoms with Crippen LogP contribution in [0.2, 0.25) is 5.02 Å². The maximum Gasteiger partial charge on any atom is 0.130 e. The van der Waals surface area contributed by atoms with Crippen LogP contribution in [0.15, 0.2) is 36.4 Å². The maximum absolute atomic E-state index is 5.93. The van der Waals surface area contributed by atoms with Crippen molar-refractivity contribution in [3.63, 3.8) is 0 Å². The summed E-state index contributed by atoms with van der Waals surface area (Å²) in [5.41, 5.74) is 3.40. The van der Waals surface area contributed by atoms with Gasteiger partial charge < -0.3 is 4.74 Å². The number of hydrogen-bond donors (Lipinski definition) is 0. The Morgan fingerprint density at radius 1 is 1.00 bits per heavy atom. The molecule has 18 heavy (non-hydrogen) atoms. The van der Waals surface area contributed by atoms with Gasteiger partial charge in [-0.05, 0) is 54.8 Å². The average Bonchev–Trinajstić information content (AvgIpc) is 2.34. The molecule has 0 atom stereocenters. The van der Waals surface area contributed by atoms with Crippen LogP contribution in [-0.2, 0) is 5.33 Å². The quantitative estimate of drug-likeness (QED) is 0.663. The minimum absolute atomic E-state index is 0.728. The van der Waals surface area contributed by atoms with Crippen molar-refractivity contribution in [2.24, 2.45) is 0 Å². The molecule has 0 aliphatic rings. The molecule has 0 saturated carbocycles. The van der Waals surface area contributed by atoms with Crippen LogP contribution in [0, 0.1) is 13.8 Å². The van der Waals surface area contributed by atoms with Crippen LogP contribution in [-0.4, -0.2) is 0 Å². The number of benzene rings is 2. The Morgan fingerprint density at radius 2 is 1.61 bits per heavy atom. The maximum atomic E-state index is 5.93. The molecule has 0 aliphatic carbocycles. The second kappa shape index (κ2) is 5.77. The summed E-state index contributed by atoms with van der Waals surface area (Å²) < 4.78 is 5.92. The lowest BCUT2D eigenvalue weighted by Gasteiger charge is -2.12. The van der Waals surface area contributed by atoms with E-state index in [0.717, 1.165) is 33.0 Å². The summed E-state index contributed by atoms with van der Waals surface area (Å²) >= 11 is 9.38. The van der Waals surface area contributed by atoms with E-state index in [1.165, 1.54) is 5.56 Å². The average molecular weight is 326 g/mol. The van der Waals surface area contributed by atoms with Gasteiger partial charge in [-0.25, -0.2) is 0 Å². The van der Waals surface area contributed by atoms with Crippen LogP contribution in [0.4, 0.5) is 0 Å². The largest absolute Gasteiger partial charge is 0.457 e. The number of aryl methyl sites for hydroxylation is 2. The number of hydrogen-bond acceptors (Lipinski definition) is 1. The van der Waals surface area contributed by atoms with Crippen LogP contribution in [0.1, 0.15) is 16.7 Å². The summed E-state index contributed by atoms with van der Waals surface area (Å²) in [6, 6.07) is 11.8. The number of ether oxygens (including phenoxy) is 1. The summed E-state index contributed by atoms with van der Waals surface area (Å²) in [6.07, 6.45) is 0. The Labute approximate surface area is 121 Å². The predicted molar refractivity (Wildman–Crippen MR) is 80.1 cm³/mol. The third-order valence-corrected chi connectivity index (χ3v) is 3.63. The molecule has 94 valence electrons. The van der Waals surface area contributed by atoms with Gasteiger partial charge >= 0.3 is 0 Å². The monoisotopic (exact) mass is 324 g/mol. The van der Waals surface area contributed by atoms with E-state index in [2.05, 4.69) is 28.1 Å². The van der Waals surface area contributed by atoms with E-state index in [1.807, 2.05) is 38.1 Å². The highest BCUT2D eigenvalue weighted by Gasteiger charge is 2.05. The Balaban J connectivity index is 2.28. The van der Waals surface area contributed by atoms with Gasteiger partial charge in [-0.2, -0.15) is 0 Å². The summed E-state index contributed by atoms with van der Waals surface area (Å²) in [7, 11) is 0. The molecule has 3 heteroatoms. The molecular formula is C15H14BrClO. The first kappa shape index (κ1) is 13.4. The SMILES string of the molecule is Cc1cc(Cl)ccc1Oc1ccc(CBr)cc1C. The van der Waals surface area contributed by atoms with Crippen molar-refractivity contribution in [3.05, 3.63) is 58.1 Å². The summed E-state index contributed by atoms with van der Waals surface area (Å²) in [4.78, 5) is 0. The molecule has 0 aromatic heterocycles. The second-order valence-corrected chi connectivity index (χ2v) is 5.24. The molecular weight excluding hydrogens is 312 g/mol. The van der Waals surface area contributed by atoms with Gasteiger partial charge in [0.2, 0.25) is 0 Å². The van der Waals surface area contributed by atoms with E-state index in [0.29, 0.717) is 0 Å². The van der Waals surface area contributed by atoms with Crippen molar-refractivity contribution in [1.82, 2.24) is 0 Å². The van der Waals surface area contributed by atoms with Gasteiger partial charge in [0.15, 0.2) is 0 Å². The van der Waals surface area contributed by atoms with Gasteiger partial charge in [-0.3, -0.25) is 0 Å². The highest BCUT2D eigenvalue weighted by molar-refractivity contribution is 9.08. The first-order chi connectivity index (χ1) is 8.60. The molecule has 0 amide bonds. The first-order valence-electron chi connectivity index (χ1n) is 5.69. The lowest BCUT2D eigenvalue weighted by atomic mass is 10.1. The Morgan fingerprint density at radius 3 is 2.17 bits per heavy atom. The van der Waals surface area contributed by atoms with Crippen LogP contribution in [0.3, 0.4) is 0 Å². The lowest BCUT2D eigenvalue weighted by Crippen LogP contribution is -1.91. The van der Waals surface area contributed by atoms with Crippen LogP contribution < -0.4 is 4.74 Å². The van der Waals surface area contributed by atoms with Crippen LogP contribution >= 0.6 is 27.5 Å². The van der Waals surface area contributed by atoms with Gasteiger partial charge in [0.1, 0.15) is 11.5 Å². The second-order valence-electron chi connectivity index (χ2n) is 4.25. The zero-order chi connectivity index (χ0) is 13.1. The fourth-order valence-corrected chi connectivity index (χ4v) is 2.33. The van der Waals surface area contributed by atoms with E-state index in [-0.39, 0.29) is 0 Å². The summed E-state index contributed by atoms with van der Waals surface area (Å²) in [6.45, 7) is 4.04. The van der Waals surface area contributed by atoms with E-state index < -0.39 is 0 Å². The minimum atomic E-state index is 0.728. The van der Waals surface area contributed by atoms with E-state index in [9.17, 15) is 0 Å². The molecule has 0 unspecified atom stereocenters. The highest BCUT2D eigenvalue weighted by Crippen LogP contribution is 2.30. The van der Waals surface area contributed by atoms with Crippen molar-refractivity contribution < 1.29 is 4.74 Å². The minimum Gasteiger partial charge on any atom is -0.457 e. The number of rotatable bonds is 3. The zero-order valence-corrected chi connectivity index (χ0v) is 12.7. The van der Waals surface area contributed by atoms with Gasteiger partial charge in [0, 0.05) is 10.4 Å². The molecule has 1 nitrogen and oxygen atoms in total. The van der Waals surface area contributed by atoms with Crippen LogP contribution in [0.25, 0.3) is 0 Å². The predicted octanol–water partition coefficient (Wildman–Crippen LogP) is 5.64. The van der Waals surface area contributed by atoms with Gasteiger partial charge in [-0.15, -0.1) is 0 Å². The number of halogens is 2. The van der Waals surface area contributed by atoms with Gasteiger partial charge in [0.05, 0.1) is 0 Å². The smallest absolute Gasteiger partial charge is 0.130 e. The van der Waals surface area contributed by atoms with Gasteiger partial charge in [0.25, 0.3) is 0 Å². The molecule has 0 radical (unpaired) electrons. The first-order valence-corrected chi connectivity index (χ1v) is 7.19. The Hall–Kier alpha value is -0.990. The molecule has 2 rings (SSSR count). The Kier molecular flexibility index (Phi) is 4.31. The third-order valence-electron chi connectivity index (χ3n) is 2.75. The molecule has 0 N–H and O–H groups in total. The Bertz CT molecular complexity index is 566. The van der Waals surface area contributed by atoms with E-state index in [1.54, 1.807) is 0 Å². The fraction of sp³-hybridized carbons (Fsp3) is 0.200. The summed E-state index contributed by atoms with van der Waals surface area (Å²) in [5.74, 6) is 1.72. The molecule has 0 spiro atoms. The zero-order valence-electron chi connectivity index (χ0n) is 10.3. The molecule has 2 aromatic rings. The van der Waals surface area contributed by atoms with Gasteiger partial charge in [-0.1, -0.05) is 39.7 Å². The molecule has 0 bridgehead atoms. The molecule has 0 saturated heterocycles. The van der Waals surface area contributed by atoms with Crippen molar-refractivity contribution in [1.29, 1.82) is 0 Å². The van der Waals surface area contributed by atoms with Crippen molar-refractivity contribution in [2.75, 3.05) is 0 Å². The highest BCUT2D eigenvalue weighted by atomic mass is 79.9. The van der Waals surface area contributed by atoms with E-state index >= 15 is 0 Å². The van der Waals surface area contributed by atoms with E-state index in [4.69, 9.17) is 16.3 Å². The van der Waals surface area contributed by atoms with Crippen LogP contribution in [0.5, 0.6) is 11.5 Å². The topological polar surface area (TPSA) is 9.23 Å².